The zero-order chi connectivity index (χ0) is 18.6. The standard InChI is InChI=1S/C20H32N4O2S/c1-15-12-21-19(27-15)17-2-9-24(10-3-17)20(25)22-18-4-7-23(8-5-18)13-16-6-11-26-14-16/h12,16-18H,2-11,13-14H2,1H3,(H,22,25). The molecule has 3 aliphatic rings. The second-order valence-corrected chi connectivity index (χ2v) is 9.59. The third-order valence-corrected chi connectivity index (χ3v) is 7.30. The van der Waals surface area contributed by atoms with Gasteiger partial charge in [-0.25, -0.2) is 9.78 Å². The van der Waals surface area contributed by atoms with Crippen molar-refractivity contribution in [3.63, 3.8) is 0 Å². The Morgan fingerprint density at radius 1 is 1.22 bits per heavy atom. The van der Waals surface area contributed by atoms with E-state index in [1.54, 1.807) is 11.3 Å². The summed E-state index contributed by atoms with van der Waals surface area (Å²) in [7, 11) is 0. The molecule has 0 aromatic carbocycles. The van der Waals surface area contributed by atoms with Gasteiger partial charge in [0, 0.05) is 62.4 Å². The van der Waals surface area contributed by atoms with Crippen molar-refractivity contribution in [1.82, 2.24) is 20.1 Å². The molecular formula is C20H32N4O2S. The summed E-state index contributed by atoms with van der Waals surface area (Å²) in [6.07, 6.45) is 7.35. The zero-order valence-corrected chi connectivity index (χ0v) is 17.2. The van der Waals surface area contributed by atoms with Crippen LogP contribution in [0.4, 0.5) is 4.79 Å². The lowest BCUT2D eigenvalue weighted by atomic mass is 9.97. The van der Waals surface area contributed by atoms with E-state index in [-0.39, 0.29) is 6.03 Å². The van der Waals surface area contributed by atoms with Gasteiger partial charge in [0.2, 0.25) is 0 Å². The Bertz CT molecular complexity index is 615. The number of hydrogen-bond acceptors (Lipinski definition) is 5. The van der Waals surface area contributed by atoms with Gasteiger partial charge >= 0.3 is 6.03 Å². The number of amides is 2. The number of thiazole rings is 1. The van der Waals surface area contributed by atoms with Crippen molar-refractivity contribution in [1.29, 1.82) is 0 Å². The lowest BCUT2D eigenvalue weighted by Crippen LogP contribution is -2.51. The number of rotatable bonds is 4. The molecule has 1 atom stereocenters. The fraction of sp³-hybridized carbons (Fsp3) is 0.800. The van der Waals surface area contributed by atoms with Gasteiger partial charge in [-0.1, -0.05) is 0 Å². The average Bonchev–Trinajstić information content (AvgIpc) is 3.35. The summed E-state index contributed by atoms with van der Waals surface area (Å²) in [6.45, 7) is 8.98. The summed E-state index contributed by atoms with van der Waals surface area (Å²) in [4.78, 5) is 23.0. The largest absolute Gasteiger partial charge is 0.381 e. The summed E-state index contributed by atoms with van der Waals surface area (Å²) in [5.74, 6) is 1.23. The minimum Gasteiger partial charge on any atom is -0.381 e. The predicted octanol–water partition coefficient (Wildman–Crippen LogP) is 2.84. The van der Waals surface area contributed by atoms with Crippen molar-refractivity contribution in [2.75, 3.05) is 45.9 Å². The summed E-state index contributed by atoms with van der Waals surface area (Å²) >= 11 is 1.80. The summed E-state index contributed by atoms with van der Waals surface area (Å²) in [5, 5.41) is 4.53. The van der Waals surface area contributed by atoms with Crippen LogP contribution in [-0.2, 0) is 4.74 Å². The van der Waals surface area contributed by atoms with E-state index in [1.165, 1.54) is 16.3 Å². The molecule has 1 unspecified atom stereocenters. The number of nitrogens with one attached hydrogen (secondary N) is 1. The third kappa shape index (κ3) is 5.00. The van der Waals surface area contributed by atoms with Crippen molar-refractivity contribution in [3.8, 4) is 0 Å². The van der Waals surface area contributed by atoms with E-state index >= 15 is 0 Å². The van der Waals surface area contributed by atoms with Crippen molar-refractivity contribution in [2.45, 2.75) is 51.0 Å². The van der Waals surface area contributed by atoms with Gasteiger partial charge in [-0.05, 0) is 44.9 Å². The molecule has 150 valence electrons. The number of hydrogen-bond donors (Lipinski definition) is 1. The number of carbonyl (C=O) groups is 1. The van der Waals surface area contributed by atoms with Crippen LogP contribution >= 0.6 is 11.3 Å². The Balaban J connectivity index is 1.17. The number of piperidine rings is 2. The fourth-order valence-electron chi connectivity index (χ4n) is 4.51. The molecule has 3 saturated heterocycles. The second-order valence-electron chi connectivity index (χ2n) is 8.32. The topological polar surface area (TPSA) is 57.7 Å². The molecule has 1 aromatic rings. The highest BCUT2D eigenvalue weighted by atomic mass is 32.1. The highest BCUT2D eigenvalue weighted by Crippen LogP contribution is 2.30. The van der Waals surface area contributed by atoms with Crippen LogP contribution in [0.3, 0.4) is 0 Å². The number of aryl methyl sites for hydroxylation is 1. The third-order valence-electron chi connectivity index (χ3n) is 6.23. The number of aromatic nitrogens is 1. The average molecular weight is 393 g/mol. The van der Waals surface area contributed by atoms with Crippen molar-refractivity contribution >= 4 is 17.4 Å². The number of urea groups is 1. The molecule has 2 amide bonds. The molecule has 3 aliphatic heterocycles. The highest BCUT2D eigenvalue weighted by Gasteiger charge is 2.28. The van der Waals surface area contributed by atoms with Crippen LogP contribution in [0, 0.1) is 12.8 Å². The van der Waals surface area contributed by atoms with Gasteiger partial charge in [0.05, 0.1) is 11.6 Å². The first kappa shape index (κ1) is 19.2. The first-order valence-corrected chi connectivity index (χ1v) is 11.3. The molecule has 4 rings (SSSR count). The number of nitrogens with zero attached hydrogens (tertiary/aromatic N) is 3. The Morgan fingerprint density at radius 2 is 2.00 bits per heavy atom. The lowest BCUT2D eigenvalue weighted by molar-refractivity contribution is 0.141. The zero-order valence-electron chi connectivity index (χ0n) is 16.4. The molecular weight excluding hydrogens is 360 g/mol. The van der Waals surface area contributed by atoms with Crippen LogP contribution in [0.25, 0.3) is 0 Å². The van der Waals surface area contributed by atoms with E-state index < -0.39 is 0 Å². The van der Waals surface area contributed by atoms with Crippen molar-refractivity contribution in [3.05, 3.63) is 16.1 Å². The smallest absolute Gasteiger partial charge is 0.317 e. The van der Waals surface area contributed by atoms with Crippen molar-refractivity contribution in [2.24, 2.45) is 5.92 Å². The molecule has 4 heterocycles. The minimum atomic E-state index is 0.131. The molecule has 1 aromatic heterocycles. The van der Waals surface area contributed by atoms with E-state index in [4.69, 9.17) is 4.74 Å². The molecule has 7 heteroatoms. The SMILES string of the molecule is Cc1cnc(C2CCN(C(=O)NC3CCN(CC4CCOC4)CC3)CC2)s1. The van der Waals surface area contributed by atoms with E-state index in [9.17, 15) is 4.79 Å². The van der Waals surface area contributed by atoms with Crippen LogP contribution < -0.4 is 5.32 Å². The Kier molecular flexibility index (Phi) is 6.30. The molecule has 6 nitrogen and oxygen atoms in total. The normalized spacial score (nSPS) is 25.8. The monoisotopic (exact) mass is 392 g/mol. The van der Waals surface area contributed by atoms with Crippen LogP contribution in [0.1, 0.15) is 47.9 Å². The maximum absolute atomic E-state index is 12.6. The summed E-state index contributed by atoms with van der Waals surface area (Å²) < 4.78 is 5.48. The predicted molar refractivity (Wildman–Crippen MR) is 107 cm³/mol. The van der Waals surface area contributed by atoms with Gasteiger partial charge < -0.3 is 19.9 Å². The Morgan fingerprint density at radius 3 is 2.63 bits per heavy atom. The molecule has 0 spiro atoms. The van der Waals surface area contributed by atoms with Gasteiger partial charge in [-0.3, -0.25) is 0 Å². The minimum absolute atomic E-state index is 0.131. The Labute approximate surface area is 166 Å². The van der Waals surface area contributed by atoms with E-state index in [1.807, 2.05) is 11.1 Å². The molecule has 0 bridgehead atoms. The molecule has 27 heavy (non-hydrogen) atoms. The second kappa shape index (κ2) is 8.88. The quantitative estimate of drug-likeness (QED) is 0.856. The lowest BCUT2D eigenvalue weighted by Gasteiger charge is -2.36. The van der Waals surface area contributed by atoms with Crippen LogP contribution in [0.15, 0.2) is 6.20 Å². The fourth-order valence-corrected chi connectivity index (χ4v) is 5.45. The van der Waals surface area contributed by atoms with Gasteiger partial charge in [0.25, 0.3) is 0 Å². The molecule has 0 aliphatic carbocycles. The van der Waals surface area contributed by atoms with Crippen LogP contribution in [0.5, 0.6) is 0 Å². The van der Waals surface area contributed by atoms with E-state index in [0.29, 0.717) is 17.9 Å². The molecule has 0 saturated carbocycles. The molecule has 3 fully saturated rings. The summed E-state index contributed by atoms with van der Waals surface area (Å²) in [5.41, 5.74) is 0. The highest BCUT2D eigenvalue weighted by molar-refractivity contribution is 7.11. The molecule has 0 radical (unpaired) electrons. The first-order valence-electron chi connectivity index (χ1n) is 10.5. The first-order chi connectivity index (χ1) is 13.2. The van der Waals surface area contributed by atoms with Gasteiger partial charge in [-0.2, -0.15) is 0 Å². The molecule has 1 N–H and O–H groups in total. The number of carbonyl (C=O) groups excluding carboxylic acids is 1. The number of likely N-dealkylation sites (tertiary alicyclic amines) is 2. The maximum atomic E-state index is 12.6. The van der Waals surface area contributed by atoms with Gasteiger partial charge in [0.15, 0.2) is 0 Å². The van der Waals surface area contributed by atoms with Crippen LogP contribution in [0.2, 0.25) is 0 Å². The van der Waals surface area contributed by atoms with E-state index in [2.05, 4.69) is 22.1 Å². The van der Waals surface area contributed by atoms with Crippen LogP contribution in [-0.4, -0.2) is 72.8 Å². The van der Waals surface area contributed by atoms with Gasteiger partial charge in [0.1, 0.15) is 0 Å². The van der Waals surface area contributed by atoms with Gasteiger partial charge in [-0.15, -0.1) is 11.3 Å². The summed E-state index contributed by atoms with van der Waals surface area (Å²) in [6, 6.07) is 0.458. The van der Waals surface area contributed by atoms with E-state index in [0.717, 1.165) is 71.6 Å². The maximum Gasteiger partial charge on any atom is 0.317 e. The number of ether oxygens (including phenoxy) is 1. The Hall–Kier alpha value is -1.18. The van der Waals surface area contributed by atoms with Crippen molar-refractivity contribution < 1.29 is 9.53 Å².